The van der Waals surface area contributed by atoms with E-state index in [2.05, 4.69) is 0 Å². The van der Waals surface area contributed by atoms with Gasteiger partial charge in [0.25, 0.3) is 0 Å². The maximum atomic E-state index is 5.90. The molecule has 0 heterocycles. The molecule has 1 aromatic rings. The minimum atomic E-state index is -0.364. The second-order valence-corrected chi connectivity index (χ2v) is 4.16. The van der Waals surface area contributed by atoms with Crippen LogP contribution in [0.25, 0.3) is 0 Å². The molecule has 4 heteroatoms. The predicted molar refractivity (Wildman–Crippen MR) is 67.9 cm³/mol. The van der Waals surface area contributed by atoms with Crippen molar-refractivity contribution in [2.24, 2.45) is 5.73 Å². The lowest BCUT2D eigenvalue weighted by Crippen LogP contribution is -2.39. The van der Waals surface area contributed by atoms with E-state index in [0.717, 1.165) is 6.42 Å². The molecule has 0 aromatic heterocycles. The van der Waals surface area contributed by atoms with Crippen LogP contribution >= 0.6 is 0 Å². The van der Waals surface area contributed by atoms with Crippen LogP contribution in [0.2, 0.25) is 0 Å². The van der Waals surface area contributed by atoms with E-state index in [4.69, 9.17) is 19.9 Å². The molecule has 96 valence electrons. The molecule has 0 aliphatic rings. The monoisotopic (exact) mass is 239 g/mol. The average molecular weight is 239 g/mol. The first kappa shape index (κ1) is 13.6. The summed E-state index contributed by atoms with van der Waals surface area (Å²) in [6, 6.07) is 5.46. The number of hydrogen-bond donors (Lipinski definition) is 1. The van der Waals surface area contributed by atoms with Gasteiger partial charge < -0.3 is 19.9 Å². The average Bonchev–Trinajstić information content (AvgIpc) is 2.37. The fourth-order valence-corrected chi connectivity index (χ4v) is 1.38. The first-order valence-corrected chi connectivity index (χ1v) is 5.69. The van der Waals surface area contributed by atoms with Gasteiger partial charge in [-0.15, -0.1) is 0 Å². The molecule has 0 spiro atoms. The Morgan fingerprint density at radius 3 is 1.88 bits per heavy atom. The van der Waals surface area contributed by atoms with E-state index in [0.29, 0.717) is 23.8 Å². The molecule has 0 saturated carbocycles. The molecule has 0 bridgehead atoms. The number of hydrogen-bond acceptors (Lipinski definition) is 4. The third-order valence-electron chi connectivity index (χ3n) is 2.87. The predicted octanol–water partition coefficient (Wildman–Crippen LogP) is 2.21. The summed E-state index contributed by atoms with van der Waals surface area (Å²) in [6.45, 7) is 4.49. The molecule has 0 amide bonds. The highest BCUT2D eigenvalue weighted by atomic mass is 16.5. The van der Waals surface area contributed by atoms with Gasteiger partial charge >= 0.3 is 0 Å². The van der Waals surface area contributed by atoms with Crippen molar-refractivity contribution in [1.29, 1.82) is 0 Å². The summed E-state index contributed by atoms with van der Waals surface area (Å²) in [7, 11) is 3.22. The Morgan fingerprint density at radius 2 is 1.53 bits per heavy atom. The van der Waals surface area contributed by atoms with Crippen LogP contribution in [0.1, 0.15) is 20.3 Å². The topological polar surface area (TPSA) is 53.7 Å². The van der Waals surface area contributed by atoms with E-state index in [-0.39, 0.29) is 5.60 Å². The van der Waals surface area contributed by atoms with Crippen molar-refractivity contribution in [3.63, 3.8) is 0 Å². The molecule has 2 N–H and O–H groups in total. The Balaban J connectivity index is 2.97. The van der Waals surface area contributed by atoms with Gasteiger partial charge in [0.15, 0.2) is 0 Å². The molecular formula is C13H21NO3. The fourth-order valence-electron chi connectivity index (χ4n) is 1.38. The summed E-state index contributed by atoms with van der Waals surface area (Å²) in [5.41, 5.74) is 5.36. The van der Waals surface area contributed by atoms with Crippen molar-refractivity contribution < 1.29 is 14.2 Å². The zero-order valence-electron chi connectivity index (χ0n) is 10.9. The Kier molecular flexibility index (Phi) is 4.63. The maximum absolute atomic E-state index is 5.90. The Labute approximate surface area is 103 Å². The van der Waals surface area contributed by atoms with E-state index in [1.807, 2.05) is 26.0 Å². The number of methoxy groups -OCH3 is 2. The second kappa shape index (κ2) is 5.77. The summed E-state index contributed by atoms with van der Waals surface area (Å²) in [5, 5.41) is 0. The summed E-state index contributed by atoms with van der Waals surface area (Å²) < 4.78 is 16.3. The van der Waals surface area contributed by atoms with Crippen LogP contribution < -0.4 is 19.9 Å². The van der Waals surface area contributed by atoms with Crippen molar-refractivity contribution >= 4 is 0 Å². The molecule has 0 fully saturated rings. The van der Waals surface area contributed by atoms with E-state index < -0.39 is 0 Å². The highest BCUT2D eigenvalue weighted by molar-refractivity contribution is 5.42. The van der Waals surface area contributed by atoms with Crippen LogP contribution in [-0.2, 0) is 0 Å². The number of benzene rings is 1. The highest BCUT2D eigenvalue weighted by Gasteiger charge is 2.22. The minimum absolute atomic E-state index is 0.364. The van der Waals surface area contributed by atoms with Crippen LogP contribution in [0.15, 0.2) is 18.2 Å². The molecule has 4 nitrogen and oxygen atoms in total. The van der Waals surface area contributed by atoms with E-state index >= 15 is 0 Å². The molecule has 17 heavy (non-hydrogen) atoms. The van der Waals surface area contributed by atoms with Gasteiger partial charge in [-0.05, 0) is 13.3 Å². The zero-order chi connectivity index (χ0) is 12.9. The molecule has 1 unspecified atom stereocenters. The molecule has 0 aliphatic carbocycles. The molecule has 1 aromatic carbocycles. The van der Waals surface area contributed by atoms with Gasteiger partial charge in [0.05, 0.1) is 14.2 Å². The summed E-state index contributed by atoms with van der Waals surface area (Å²) >= 11 is 0. The van der Waals surface area contributed by atoms with E-state index in [1.54, 1.807) is 20.3 Å². The lowest BCUT2D eigenvalue weighted by atomic mass is 10.0. The second-order valence-electron chi connectivity index (χ2n) is 4.16. The first-order valence-electron chi connectivity index (χ1n) is 5.69. The third-order valence-corrected chi connectivity index (χ3v) is 2.87. The van der Waals surface area contributed by atoms with Gasteiger partial charge in [-0.2, -0.15) is 0 Å². The third kappa shape index (κ3) is 3.53. The summed E-state index contributed by atoms with van der Waals surface area (Å²) in [5.74, 6) is 2.11. The molecule has 1 rings (SSSR count). The van der Waals surface area contributed by atoms with Gasteiger partial charge in [-0.1, -0.05) is 6.92 Å². The first-order chi connectivity index (χ1) is 8.06. The lowest BCUT2D eigenvalue weighted by Gasteiger charge is -2.28. The van der Waals surface area contributed by atoms with Crippen molar-refractivity contribution in [2.45, 2.75) is 25.9 Å². The van der Waals surface area contributed by atoms with Crippen LogP contribution in [0, 0.1) is 0 Å². The largest absolute Gasteiger partial charge is 0.496 e. The molecule has 0 radical (unpaired) electrons. The molecule has 0 aliphatic heterocycles. The lowest BCUT2D eigenvalue weighted by molar-refractivity contribution is 0.0929. The highest BCUT2D eigenvalue weighted by Crippen LogP contribution is 2.30. The van der Waals surface area contributed by atoms with Crippen LogP contribution in [0.4, 0.5) is 0 Å². The van der Waals surface area contributed by atoms with Crippen molar-refractivity contribution in [3.05, 3.63) is 18.2 Å². The van der Waals surface area contributed by atoms with Gasteiger partial charge in [0.1, 0.15) is 22.8 Å². The zero-order valence-corrected chi connectivity index (χ0v) is 10.9. The van der Waals surface area contributed by atoms with Crippen molar-refractivity contribution in [3.8, 4) is 17.2 Å². The van der Waals surface area contributed by atoms with Crippen LogP contribution in [0.3, 0.4) is 0 Å². The van der Waals surface area contributed by atoms with Gasteiger partial charge in [0, 0.05) is 24.7 Å². The Hall–Kier alpha value is -1.42. The summed E-state index contributed by atoms with van der Waals surface area (Å²) in [6.07, 6.45) is 0.836. The minimum Gasteiger partial charge on any atom is -0.496 e. The van der Waals surface area contributed by atoms with Crippen molar-refractivity contribution in [1.82, 2.24) is 0 Å². The maximum Gasteiger partial charge on any atom is 0.127 e. The molecule has 1 atom stereocenters. The smallest absolute Gasteiger partial charge is 0.127 e. The van der Waals surface area contributed by atoms with Crippen LogP contribution in [0.5, 0.6) is 17.2 Å². The standard InChI is InChI=1S/C13H21NO3/c1-5-13(2,9-14)17-12-7-10(15-3)6-11(8-12)16-4/h6-8H,5,9,14H2,1-4H3. The normalized spacial score (nSPS) is 13.9. The van der Waals surface area contributed by atoms with Crippen molar-refractivity contribution in [2.75, 3.05) is 20.8 Å². The van der Waals surface area contributed by atoms with Gasteiger partial charge in [-0.25, -0.2) is 0 Å². The quantitative estimate of drug-likeness (QED) is 0.827. The number of ether oxygens (including phenoxy) is 3. The number of nitrogens with two attached hydrogens (primary N) is 1. The molecule has 0 saturated heterocycles. The van der Waals surface area contributed by atoms with Gasteiger partial charge in [-0.3, -0.25) is 0 Å². The Morgan fingerprint density at radius 1 is 1.06 bits per heavy atom. The van der Waals surface area contributed by atoms with Gasteiger partial charge in [0.2, 0.25) is 0 Å². The van der Waals surface area contributed by atoms with E-state index in [1.165, 1.54) is 0 Å². The Bertz CT molecular complexity index is 339. The summed E-state index contributed by atoms with van der Waals surface area (Å²) in [4.78, 5) is 0. The fraction of sp³-hybridized carbons (Fsp3) is 0.538. The SMILES string of the molecule is CCC(C)(CN)Oc1cc(OC)cc(OC)c1. The number of rotatable bonds is 6. The van der Waals surface area contributed by atoms with Crippen LogP contribution in [-0.4, -0.2) is 26.4 Å². The molecular weight excluding hydrogens is 218 g/mol. The van der Waals surface area contributed by atoms with E-state index in [9.17, 15) is 0 Å².